The number of fused-ring (bicyclic) bond motifs is 1. The Kier molecular flexibility index (Phi) is 2.68. The first-order valence-corrected chi connectivity index (χ1v) is 6.04. The summed E-state index contributed by atoms with van der Waals surface area (Å²) in [4.78, 5) is 11.4. The third kappa shape index (κ3) is 2.15. The van der Waals surface area contributed by atoms with Crippen molar-refractivity contribution in [2.24, 2.45) is 0 Å². The van der Waals surface area contributed by atoms with Gasteiger partial charge in [0.1, 0.15) is 0 Å². The van der Waals surface area contributed by atoms with Crippen LogP contribution in [0.1, 0.15) is 5.01 Å². The molecular formula is C9H3ClF3N5S. The van der Waals surface area contributed by atoms with E-state index in [2.05, 4.69) is 25.1 Å². The minimum Gasteiger partial charge on any atom is -0.261 e. The molecule has 10 heteroatoms. The van der Waals surface area contributed by atoms with Crippen molar-refractivity contribution >= 4 is 34.0 Å². The standard InChI is InChI=1S/C9H3ClF3N5S/c10-8-16-5(3-1-15-18-6(3)17-8)4-2-14-7(19-4)9(11,12)13/h1-2H,(H,15,16,17,18). The first-order valence-electron chi connectivity index (χ1n) is 4.85. The van der Waals surface area contributed by atoms with Crippen LogP contribution in [0.2, 0.25) is 5.28 Å². The van der Waals surface area contributed by atoms with Gasteiger partial charge in [-0.25, -0.2) is 9.97 Å². The molecule has 0 aromatic carbocycles. The number of aromatic amines is 1. The zero-order chi connectivity index (χ0) is 13.6. The molecule has 0 unspecified atom stereocenters. The van der Waals surface area contributed by atoms with E-state index in [4.69, 9.17) is 11.6 Å². The summed E-state index contributed by atoms with van der Waals surface area (Å²) in [5, 5.41) is 5.82. The SMILES string of the molecule is FC(F)(F)c1ncc(-c2nc(Cl)nc3[nH]ncc23)s1. The second-order valence-electron chi connectivity index (χ2n) is 3.50. The highest BCUT2D eigenvalue weighted by molar-refractivity contribution is 7.15. The minimum absolute atomic E-state index is 0.0753. The molecule has 0 amide bonds. The molecule has 0 atom stereocenters. The molecule has 0 spiro atoms. The van der Waals surface area contributed by atoms with Crippen molar-refractivity contribution in [3.05, 3.63) is 22.7 Å². The van der Waals surface area contributed by atoms with E-state index >= 15 is 0 Å². The van der Waals surface area contributed by atoms with Gasteiger partial charge in [0.15, 0.2) is 10.7 Å². The van der Waals surface area contributed by atoms with Crippen LogP contribution in [0, 0.1) is 0 Å². The molecule has 0 saturated heterocycles. The highest BCUT2D eigenvalue weighted by Gasteiger charge is 2.35. The molecule has 19 heavy (non-hydrogen) atoms. The van der Waals surface area contributed by atoms with Crippen LogP contribution >= 0.6 is 22.9 Å². The second-order valence-corrected chi connectivity index (χ2v) is 4.87. The van der Waals surface area contributed by atoms with Gasteiger partial charge in [-0.2, -0.15) is 23.3 Å². The zero-order valence-electron chi connectivity index (χ0n) is 8.86. The Hall–Kier alpha value is -1.74. The van der Waals surface area contributed by atoms with Crippen LogP contribution in [-0.4, -0.2) is 25.1 Å². The average Bonchev–Trinajstić information content (AvgIpc) is 2.94. The van der Waals surface area contributed by atoms with Gasteiger partial charge in [0, 0.05) is 6.20 Å². The number of thiazole rings is 1. The summed E-state index contributed by atoms with van der Waals surface area (Å²) in [5.74, 6) is 0. The fourth-order valence-electron chi connectivity index (χ4n) is 1.51. The smallest absolute Gasteiger partial charge is 0.261 e. The van der Waals surface area contributed by atoms with E-state index in [-0.39, 0.29) is 15.9 Å². The van der Waals surface area contributed by atoms with E-state index in [0.29, 0.717) is 22.4 Å². The van der Waals surface area contributed by atoms with Gasteiger partial charge in [-0.15, -0.1) is 11.3 Å². The molecule has 3 aromatic heterocycles. The fourth-order valence-corrected chi connectivity index (χ4v) is 2.47. The Morgan fingerprint density at radius 2 is 2.00 bits per heavy atom. The first-order chi connectivity index (χ1) is 8.95. The number of halogens is 4. The van der Waals surface area contributed by atoms with E-state index in [9.17, 15) is 13.2 Å². The number of aromatic nitrogens is 5. The maximum atomic E-state index is 12.5. The summed E-state index contributed by atoms with van der Waals surface area (Å²) in [7, 11) is 0. The Balaban J connectivity index is 2.19. The Labute approximate surface area is 112 Å². The minimum atomic E-state index is -4.48. The highest BCUT2D eigenvalue weighted by Crippen LogP contribution is 2.37. The van der Waals surface area contributed by atoms with Gasteiger partial charge in [-0.1, -0.05) is 0 Å². The second kappa shape index (κ2) is 4.14. The number of hydrogen-bond donors (Lipinski definition) is 1. The predicted molar refractivity (Wildman–Crippen MR) is 62.8 cm³/mol. The lowest BCUT2D eigenvalue weighted by Gasteiger charge is -2.00. The molecule has 0 aliphatic rings. The van der Waals surface area contributed by atoms with Gasteiger partial charge in [0.25, 0.3) is 0 Å². The highest BCUT2D eigenvalue weighted by atomic mass is 35.5. The topological polar surface area (TPSA) is 67.3 Å². The van der Waals surface area contributed by atoms with E-state index in [0.717, 1.165) is 6.20 Å². The maximum absolute atomic E-state index is 12.5. The summed E-state index contributed by atoms with van der Waals surface area (Å²) in [5.41, 5.74) is 0.633. The predicted octanol–water partition coefficient (Wildman–Crippen LogP) is 3.15. The van der Waals surface area contributed by atoms with Crippen LogP contribution in [-0.2, 0) is 6.18 Å². The number of rotatable bonds is 1. The van der Waals surface area contributed by atoms with Gasteiger partial charge in [-0.3, -0.25) is 5.10 Å². The Morgan fingerprint density at radius 3 is 2.68 bits per heavy atom. The van der Waals surface area contributed by atoms with Crippen LogP contribution in [0.3, 0.4) is 0 Å². The van der Waals surface area contributed by atoms with Crippen molar-refractivity contribution in [1.29, 1.82) is 0 Å². The van der Waals surface area contributed by atoms with Crippen molar-refractivity contribution in [2.45, 2.75) is 6.18 Å². The molecule has 5 nitrogen and oxygen atoms in total. The van der Waals surface area contributed by atoms with Crippen molar-refractivity contribution in [2.75, 3.05) is 0 Å². The molecule has 0 bridgehead atoms. The number of H-pyrrole nitrogens is 1. The van der Waals surface area contributed by atoms with Gasteiger partial charge in [-0.05, 0) is 11.6 Å². The number of hydrogen-bond acceptors (Lipinski definition) is 5. The van der Waals surface area contributed by atoms with Crippen LogP contribution < -0.4 is 0 Å². The molecule has 3 aromatic rings. The van der Waals surface area contributed by atoms with E-state index in [1.165, 1.54) is 6.20 Å². The number of nitrogens with one attached hydrogen (secondary N) is 1. The first kappa shape index (κ1) is 12.3. The number of nitrogens with zero attached hydrogens (tertiary/aromatic N) is 4. The normalized spacial score (nSPS) is 12.2. The van der Waals surface area contributed by atoms with E-state index in [1.54, 1.807) is 0 Å². The average molecular weight is 306 g/mol. The summed E-state index contributed by atoms with van der Waals surface area (Å²) < 4.78 is 37.6. The summed E-state index contributed by atoms with van der Waals surface area (Å²) in [6.45, 7) is 0. The molecule has 0 radical (unpaired) electrons. The lowest BCUT2D eigenvalue weighted by Crippen LogP contribution is -2.02. The monoisotopic (exact) mass is 305 g/mol. The lowest BCUT2D eigenvalue weighted by molar-refractivity contribution is -0.137. The molecule has 3 rings (SSSR count). The van der Waals surface area contributed by atoms with Gasteiger partial charge >= 0.3 is 6.18 Å². The Morgan fingerprint density at radius 1 is 1.21 bits per heavy atom. The molecule has 0 aliphatic carbocycles. The van der Waals surface area contributed by atoms with Crippen molar-refractivity contribution in [3.8, 4) is 10.6 Å². The van der Waals surface area contributed by atoms with Crippen molar-refractivity contribution in [1.82, 2.24) is 25.1 Å². The number of alkyl halides is 3. The fraction of sp³-hybridized carbons (Fsp3) is 0.111. The van der Waals surface area contributed by atoms with Gasteiger partial charge in [0.2, 0.25) is 5.28 Å². The van der Waals surface area contributed by atoms with Gasteiger partial charge in [0.05, 0.1) is 22.2 Å². The molecule has 3 heterocycles. The zero-order valence-corrected chi connectivity index (χ0v) is 10.4. The molecule has 0 fully saturated rings. The summed E-state index contributed by atoms with van der Waals surface area (Å²) >= 11 is 6.21. The molecule has 0 saturated carbocycles. The third-order valence-electron chi connectivity index (χ3n) is 2.26. The van der Waals surface area contributed by atoms with Crippen LogP contribution in [0.25, 0.3) is 21.6 Å². The Bertz CT molecular complexity index is 750. The molecule has 0 aliphatic heterocycles. The summed E-state index contributed by atoms with van der Waals surface area (Å²) in [6.07, 6.45) is -1.94. The lowest BCUT2D eigenvalue weighted by atomic mass is 10.3. The molecule has 1 N–H and O–H groups in total. The quantitative estimate of drug-likeness (QED) is 0.701. The molecule has 98 valence electrons. The molecular weight excluding hydrogens is 303 g/mol. The van der Waals surface area contributed by atoms with Crippen LogP contribution in [0.15, 0.2) is 12.4 Å². The van der Waals surface area contributed by atoms with Crippen molar-refractivity contribution in [3.63, 3.8) is 0 Å². The van der Waals surface area contributed by atoms with Gasteiger partial charge < -0.3 is 0 Å². The van der Waals surface area contributed by atoms with E-state index in [1.807, 2.05) is 0 Å². The maximum Gasteiger partial charge on any atom is 0.443 e. The largest absolute Gasteiger partial charge is 0.443 e. The summed E-state index contributed by atoms with van der Waals surface area (Å²) in [6, 6.07) is 0. The van der Waals surface area contributed by atoms with Crippen LogP contribution in [0.4, 0.5) is 13.2 Å². The van der Waals surface area contributed by atoms with Crippen molar-refractivity contribution < 1.29 is 13.2 Å². The van der Waals surface area contributed by atoms with E-state index < -0.39 is 11.2 Å². The van der Waals surface area contributed by atoms with Crippen LogP contribution in [0.5, 0.6) is 0 Å². The third-order valence-corrected chi connectivity index (χ3v) is 3.48.